The number of rotatable bonds is 3. The quantitative estimate of drug-likeness (QED) is 0.422. The summed E-state index contributed by atoms with van der Waals surface area (Å²) in [6.07, 6.45) is 3.80. The molecule has 0 bridgehead atoms. The minimum absolute atomic E-state index is 0.449. The normalized spacial score (nSPS) is 13.6. The Labute approximate surface area is 168 Å². The van der Waals surface area contributed by atoms with Crippen LogP contribution in [-0.2, 0) is 0 Å². The first-order valence-corrected chi connectivity index (χ1v) is 9.72. The minimum Gasteiger partial charge on any atom is -0.384 e. The maximum atomic E-state index is 6.03. The first-order valence-electron chi connectivity index (χ1n) is 8.52. The summed E-state index contributed by atoms with van der Waals surface area (Å²) in [5.41, 5.74) is 10.3. The third kappa shape index (κ3) is 3.87. The van der Waals surface area contributed by atoms with Crippen molar-refractivity contribution in [2.24, 2.45) is 10.7 Å². The topological polar surface area (TPSA) is 41.6 Å². The maximum absolute atomic E-state index is 6.03. The van der Waals surface area contributed by atoms with Crippen LogP contribution in [0, 0.1) is 0 Å². The SMILES string of the molecule is CN1c2ccccc2Sc2cc(C=CC(N)=Nc3ccc(Cl)cc3)ccc21. The molecule has 134 valence electrons. The number of nitrogens with zero attached hydrogens (tertiary/aromatic N) is 2. The first kappa shape index (κ1) is 17.7. The Hall–Kier alpha value is -2.69. The molecule has 0 saturated heterocycles. The summed E-state index contributed by atoms with van der Waals surface area (Å²) >= 11 is 7.68. The Kier molecular flexibility index (Phi) is 4.92. The molecule has 5 heteroatoms. The smallest absolute Gasteiger partial charge is 0.124 e. The maximum Gasteiger partial charge on any atom is 0.124 e. The highest BCUT2D eigenvalue weighted by Crippen LogP contribution is 2.47. The van der Waals surface area contributed by atoms with Crippen LogP contribution in [0.25, 0.3) is 6.08 Å². The van der Waals surface area contributed by atoms with E-state index < -0.39 is 0 Å². The highest BCUT2D eigenvalue weighted by atomic mass is 35.5. The van der Waals surface area contributed by atoms with Gasteiger partial charge in [0.1, 0.15) is 5.84 Å². The number of benzene rings is 3. The molecule has 4 rings (SSSR count). The zero-order valence-electron chi connectivity index (χ0n) is 14.8. The molecule has 0 atom stereocenters. The summed E-state index contributed by atoms with van der Waals surface area (Å²) in [4.78, 5) is 9.10. The predicted molar refractivity (Wildman–Crippen MR) is 117 cm³/mol. The number of nitrogens with two attached hydrogens (primary N) is 1. The standard InChI is InChI=1S/C22H18ClN3S/c1-26-18-4-2-3-5-20(18)27-21-14-15(6-12-19(21)26)7-13-22(24)25-17-10-8-16(23)9-11-17/h2-14H,1H3,(H2,24,25). The van der Waals surface area contributed by atoms with Crippen LogP contribution in [0.5, 0.6) is 0 Å². The summed E-state index contributed by atoms with van der Waals surface area (Å²) in [5, 5.41) is 0.682. The van der Waals surface area contributed by atoms with Crippen LogP contribution in [0.1, 0.15) is 5.56 Å². The molecule has 0 aromatic heterocycles. The fourth-order valence-electron chi connectivity index (χ4n) is 2.95. The van der Waals surface area contributed by atoms with Gasteiger partial charge in [0, 0.05) is 21.9 Å². The number of amidine groups is 1. The van der Waals surface area contributed by atoms with Gasteiger partial charge in [0.15, 0.2) is 0 Å². The molecule has 3 nitrogen and oxygen atoms in total. The summed E-state index contributed by atoms with van der Waals surface area (Å²) < 4.78 is 0. The van der Waals surface area contributed by atoms with Gasteiger partial charge in [-0.25, -0.2) is 4.99 Å². The van der Waals surface area contributed by atoms with Crippen LogP contribution in [0.3, 0.4) is 0 Å². The largest absolute Gasteiger partial charge is 0.384 e. The van der Waals surface area contributed by atoms with Gasteiger partial charge in [-0.2, -0.15) is 0 Å². The molecule has 0 spiro atoms. The molecule has 0 saturated carbocycles. The van der Waals surface area contributed by atoms with Gasteiger partial charge in [0.25, 0.3) is 0 Å². The molecule has 1 aliphatic heterocycles. The van der Waals surface area contributed by atoms with E-state index >= 15 is 0 Å². The monoisotopic (exact) mass is 391 g/mol. The highest BCUT2D eigenvalue weighted by Gasteiger charge is 2.19. The average molecular weight is 392 g/mol. The van der Waals surface area contributed by atoms with Gasteiger partial charge in [0.2, 0.25) is 0 Å². The molecule has 3 aromatic rings. The first-order chi connectivity index (χ1) is 13.1. The molecule has 1 aliphatic rings. The Morgan fingerprint density at radius 2 is 1.74 bits per heavy atom. The van der Waals surface area contributed by atoms with E-state index in [4.69, 9.17) is 17.3 Å². The van der Waals surface area contributed by atoms with Crippen molar-refractivity contribution < 1.29 is 0 Å². The molecule has 0 unspecified atom stereocenters. The number of anilines is 2. The van der Waals surface area contributed by atoms with E-state index in [2.05, 4.69) is 59.4 Å². The van der Waals surface area contributed by atoms with Crippen LogP contribution in [0.15, 0.2) is 87.6 Å². The van der Waals surface area contributed by atoms with Gasteiger partial charge < -0.3 is 10.6 Å². The lowest BCUT2D eigenvalue weighted by Gasteiger charge is -2.29. The van der Waals surface area contributed by atoms with Gasteiger partial charge in [-0.05, 0) is 60.2 Å². The van der Waals surface area contributed by atoms with E-state index in [0.29, 0.717) is 10.9 Å². The molecule has 3 aromatic carbocycles. The van der Waals surface area contributed by atoms with Crippen molar-refractivity contribution in [1.82, 2.24) is 0 Å². The van der Waals surface area contributed by atoms with Gasteiger partial charge >= 0.3 is 0 Å². The summed E-state index contributed by atoms with van der Waals surface area (Å²) in [6, 6.07) is 22.1. The second-order valence-electron chi connectivity index (χ2n) is 6.20. The Balaban J connectivity index is 1.56. The Morgan fingerprint density at radius 3 is 2.56 bits per heavy atom. The number of halogens is 1. The van der Waals surface area contributed by atoms with Crippen molar-refractivity contribution in [1.29, 1.82) is 0 Å². The van der Waals surface area contributed by atoms with Crippen LogP contribution in [0.4, 0.5) is 17.1 Å². The average Bonchev–Trinajstić information content (AvgIpc) is 2.68. The van der Waals surface area contributed by atoms with E-state index in [1.807, 2.05) is 24.3 Å². The fourth-order valence-corrected chi connectivity index (χ4v) is 4.27. The van der Waals surface area contributed by atoms with E-state index in [1.165, 1.54) is 21.2 Å². The summed E-state index contributed by atoms with van der Waals surface area (Å²) in [5.74, 6) is 0.449. The predicted octanol–water partition coefficient (Wildman–Crippen LogP) is 6.27. The highest BCUT2D eigenvalue weighted by molar-refractivity contribution is 7.99. The summed E-state index contributed by atoms with van der Waals surface area (Å²) in [7, 11) is 2.10. The fraction of sp³-hybridized carbons (Fsp3) is 0.0455. The van der Waals surface area contributed by atoms with Crippen molar-refractivity contribution in [3.63, 3.8) is 0 Å². The molecule has 2 N–H and O–H groups in total. The van der Waals surface area contributed by atoms with Crippen molar-refractivity contribution in [2.45, 2.75) is 9.79 Å². The van der Waals surface area contributed by atoms with Gasteiger partial charge in [0.05, 0.1) is 17.1 Å². The number of fused-ring (bicyclic) bond motifs is 2. The van der Waals surface area contributed by atoms with Crippen LogP contribution < -0.4 is 10.6 Å². The zero-order valence-corrected chi connectivity index (χ0v) is 16.3. The van der Waals surface area contributed by atoms with E-state index in [1.54, 1.807) is 23.9 Å². The Bertz CT molecular complexity index is 1040. The summed E-state index contributed by atoms with van der Waals surface area (Å²) in [6.45, 7) is 0. The van der Waals surface area contributed by atoms with Crippen molar-refractivity contribution in [3.05, 3.63) is 83.4 Å². The number of para-hydroxylation sites is 1. The number of hydrogen-bond acceptors (Lipinski definition) is 3. The van der Waals surface area contributed by atoms with E-state index in [0.717, 1.165) is 11.3 Å². The van der Waals surface area contributed by atoms with Crippen molar-refractivity contribution >= 4 is 52.3 Å². The lowest BCUT2D eigenvalue weighted by Crippen LogP contribution is -2.14. The van der Waals surface area contributed by atoms with Gasteiger partial charge in [-0.3, -0.25) is 0 Å². The molecule has 0 fully saturated rings. The third-order valence-electron chi connectivity index (χ3n) is 4.32. The number of aliphatic imine (C=N–C) groups is 1. The lowest BCUT2D eigenvalue weighted by molar-refractivity contribution is 1.11. The van der Waals surface area contributed by atoms with E-state index in [-0.39, 0.29) is 0 Å². The van der Waals surface area contributed by atoms with Crippen molar-refractivity contribution in [3.8, 4) is 0 Å². The third-order valence-corrected chi connectivity index (χ3v) is 5.69. The van der Waals surface area contributed by atoms with Crippen molar-refractivity contribution in [2.75, 3.05) is 11.9 Å². The number of hydrogen-bond donors (Lipinski definition) is 1. The van der Waals surface area contributed by atoms with Crippen LogP contribution in [0.2, 0.25) is 5.02 Å². The second-order valence-corrected chi connectivity index (χ2v) is 7.72. The Morgan fingerprint density at radius 1 is 1.00 bits per heavy atom. The minimum atomic E-state index is 0.449. The molecular weight excluding hydrogens is 374 g/mol. The van der Waals surface area contributed by atoms with Crippen LogP contribution in [-0.4, -0.2) is 12.9 Å². The van der Waals surface area contributed by atoms with Gasteiger partial charge in [-0.1, -0.05) is 47.6 Å². The second kappa shape index (κ2) is 7.51. The van der Waals surface area contributed by atoms with Crippen LogP contribution >= 0.6 is 23.4 Å². The lowest BCUT2D eigenvalue weighted by atomic mass is 10.1. The molecule has 0 aliphatic carbocycles. The molecular formula is C22H18ClN3S. The zero-order chi connectivity index (χ0) is 18.8. The molecule has 0 amide bonds. The molecule has 1 heterocycles. The molecule has 27 heavy (non-hydrogen) atoms. The van der Waals surface area contributed by atoms with E-state index in [9.17, 15) is 0 Å². The van der Waals surface area contributed by atoms with Gasteiger partial charge in [-0.15, -0.1) is 0 Å². The molecule has 0 radical (unpaired) electrons.